The zero-order chi connectivity index (χ0) is 12.5. The van der Waals surface area contributed by atoms with Gasteiger partial charge in [0.1, 0.15) is 5.78 Å². The fraction of sp³-hybridized carbons (Fsp3) is 0.643. The highest BCUT2D eigenvalue weighted by molar-refractivity contribution is 7.10. The number of hydrogen-bond donors (Lipinski definition) is 1. The third-order valence-electron chi connectivity index (χ3n) is 3.05. The van der Waals surface area contributed by atoms with E-state index in [1.807, 2.05) is 17.5 Å². The molecule has 17 heavy (non-hydrogen) atoms. The lowest BCUT2D eigenvalue weighted by atomic mass is 9.93. The Morgan fingerprint density at radius 2 is 2.24 bits per heavy atom. The van der Waals surface area contributed by atoms with E-state index in [1.165, 1.54) is 17.7 Å². The number of carbonyl (C=O) groups excluding carboxylic acids is 1. The van der Waals surface area contributed by atoms with Crippen LogP contribution in [0, 0.1) is 5.92 Å². The summed E-state index contributed by atoms with van der Waals surface area (Å²) in [6.45, 7) is 2.93. The lowest BCUT2D eigenvalue weighted by Crippen LogP contribution is -2.11. The van der Waals surface area contributed by atoms with Gasteiger partial charge >= 0.3 is 0 Å². The number of thiophene rings is 1. The fourth-order valence-corrected chi connectivity index (χ4v) is 2.87. The van der Waals surface area contributed by atoms with E-state index >= 15 is 0 Å². The lowest BCUT2D eigenvalue weighted by molar-refractivity contribution is -0.118. The van der Waals surface area contributed by atoms with Crippen LogP contribution < -0.4 is 5.73 Å². The van der Waals surface area contributed by atoms with Gasteiger partial charge in [0.2, 0.25) is 0 Å². The van der Waals surface area contributed by atoms with E-state index in [9.17, 15) is 4.79 Å². The molecule has 3 heteroatoms. The second-order valence-electron chi connectivity index (χ2n) is 4.57. The van der Waals surface area contributed by atoms with Gasteiger partial charge in [-0.2, -0.15) is 0 Å². The quantitative estimate of drug-likeness (QED) is 0.733. The van der Waals surface area contributed by atoms with Crippen LogP contribution in [0.2, 0.25) is 0 Å². The number of rotatable bonds is 9. The van der Waals surface area contributed by atoms with E-state index < -0.39 is 0 Å². The third kappa shape index (κ3) is 5.99. The highest BCUT2D eigenvalue weighted by Gasteiger charge is 2.10. The van der Waals surface area contributed by atoms with E-state index in [-0.39, 0.29) is 0 Å². The number of ketones is 1. The smallest absolute Gasteiger partial charge is 0.138 e. The molecule has 1 rings (SSSR count). The van der Waals surface area contributed by atoms with Gasteiger partial charge in [-0.05, 0) is 36.8 Å². The summed E-state index contributed by atoms with van der Waals surface area (Å²) in [4.78, 5) is 13.0. The van der Waals surface area contributed by atoms with E-state index in [1.54, 1.807) is 11.3 Å². The van der Waals surface area contributed by atoms with Gasteiger partial charge in [-0.25, -0.2) is 0 Å². The maximum absolute atomic E-state index is 11.8. The Morgan fingerprint density at radius 1 is 1.41 bits per heavy atom. The Bertz CT molecular complexity index is 302. The Labute approximate surface area is 108 Å². The van der Waals surface area contributed by atoms with E-state index in [0.717, 1.165) is 19.4 Å². The number of nitrogens with two attached hydrogens (primary N) is 1. The molecule has 0 bridgehead atoms. The molecular weight excluding hydrogens is 230 g/mol. The first-order chi connectivity index (χ1) is 8.26. The van der Waals surface area contributed by atoms with Gasteiger partial charge in [-0.1, -0.05) is 25.8 Å². The van der Waals surface area contributed by atoms with Crippen LogP contribution in [-0.4, -0.2) is 12.3 Å². The summed E-state index contributed by atoms with van der Waals surface area (Å²) in [5, 5.41) is 2.02. The van der Waals surface area contributed by atoms with Crippen molar-refractivity contribution >= 4 is 17.1 Å². The monoisotopic (exact) mass is 253 g/mol. The summed E-state index contributed by atoms with van der Waals surface area (Å²) >= 11 is 1.67. The van der Waals surface area contributed by atoms with Crippen LogP contribution in [0.25, 0.3) is 0 Å². The molecule has 1 aromatic heterocycles. The topological polar surface area (TPSA) is 43.1 Å². The van der Waals surface area contributed by atoms with Crippen LogP contribution in [-0.2, 0) is 11.2 Å². The van der Waals surface area contributed by atoms with Crippen LogP contribution in [0.3, 0.4) is 0 Å². The molecule has 2 nitrogen and oxygen atoms in total. The molecular formula is C14H23NOS. The molecule has 0 aliphatic rings. The highest BCUT2D eigenvalue weighted by atomic mass is 32.1. The van der Waals surface area contributed by atoms with Crippen molar-refractivity contribution in [3.05, 3.63) is 22.4 Å². The van der Waals surface area contributed by atoms with Crippen molar-refractivity contribution in [1.29, 1.82) is 0 Å². The molecule has 96 valence electrons. The van der Waals surface area contributed by atoms with Gasteiger partial charge in [0.25, 0.3) is 0 Å². The van der Waals surface area contributed by atoms with Gasteiger partial charge in [0.05, 0.1) is 0 Å². The van der Waals surface area contributed by atoms with E-state index in [2.05, 4.69) is 6.92 Å². The van der Waals surface area contributed by atoms with Crippen molar-refractivity contribution < 1.29 is 4.79 Å². The van der Waals surface area contributed by atoms with E-state index in [4.69, 9.17) is 5.73 Å². The molecule has 1 atom stereocenters. The molecule has 0 aliphatic carbocycles. The summed E-state index contributed by atoms with van der Waals surface area (Å²) in [6, 6.07) is 4.04. The SMILES string of the molecule is CCCC(CCN)CCC(=O)Cc1cccs1. The molecule has 0 spiro atoms. The van der Waals surface area contributed by atoms with Gasteiger partial charge in [-0.15, -0.1) is 11.3 Å². The summed E-state index contributed by atoms with van der Waals surface area (Å²) in [5.41, 5.74) is 5.59. The lowest BCUT2D eigenvalue weighted by Gasteiger charge is -2.14. The van der Waals surface area contributed by atoms with Gasteiger partial charge in [0.15, 0.2) is 0 Å². The molecule has 0 aliphatic heterocycles. The van der Waals surface area contributed by atoms with E-state index in [0.29, 0.717) is 24.5 Å². The first kappa shape index (κ1) is 14.4. The van der Waals surface area contributed by atoms with Gasteiger partial charge < -0.3 is 5.73 Å². The first-order valence-electron chi connectivity index (χ1n) is 6.50. The number of hydrogen-bond acceptors (Lipinski definition) is 3. The van der Waals surface area contributed by atoms with Crippen molar-refractivity contribution in [3.8, 4) is 0 Å². The second kappa shape index (κ2) is 8.43. The fourth-order valence-electron chi connectivity index (χ4n) is 2.14. The average Bonchev–Trinajstić information content (AvgIpc) is 2.79. The molecule has 0 radical (unpaired) electrons. The number of Topliss-reactive ketones (excluding diaryl/α,β-unsaturated/α-hetero) is 1. The van der Waals surface area contributed by atoms with Crippen molar-refractivity contribution in [1.82, 2.24) is 0 Å². The molecule has 0 saturated heterocycles. The minimum Gasteiger partial charge on any atom is -0.330 e. The molecule has 0 amide bonds. The van der Waals surface area contributed by atoms with Crippen LogP contribution in [0.4, 0.5) is 0 Å². The molecule has 1 aromatic rings. The van der Waals surface area contributed by atoms with Crippen molar-refractivity contribution in [2.24, 2.45) is 11.7 Å². The van der Waals surface area contributed by atoms with Crippen molar-refractivity contribution in [2.75, 3.05) is 6.54 Å². The van der Waals surface area contributed by atoms with Gasteiger partial charge in [-0.3, -0.25) is 4.79 Å². The largest absolute Gasteiger partial charge is 0.330 e. The Morgan fingerprint density at radius 3 is 2.82 bits per heavy atom. The predicted molar refractivity (Wildman–Crippen MR) is 74.3 cm³/mol. The summed E-state index contributed by atoms with van der Waals surface area (Å²) in [5.74, 6) is 1.00. The Kier molecular flexibility index (Phi) is 7.13. The molecule has 0 saturated carbocycles. The maximum atomic E-state index is 11.8. The normalized spacial score (nSPS) is 12.6. The summed E-state index contributed by atoms with van der Waals surface area (Å²) in [6.07, 6.45) is 5.77. The van der Waals surface area contributed by atoms with Gasteiger partial charge in [0, 0.05) is 17.7 Å². The standard InChI is InChI=1S/C14H23NOS/c1-2-4-12(8-9-15)6-7-13(16)11-14-5-3-10-17-14/h3,5,10,12H,2,4,6-9,11,15H2,1H3. The predicted octanol–water partition coefficient (Wildman–Crippen LogP) is 3.41. The maximum Gasteiger partial charge on any atom is 0.138 e. The Hall–Kier alpha value is -0.670. The van der Waals surface area contributed by atoms with Crippen molar-refractivity contribution in [3.63, 3.8) is 0 Å². The average molecular weight is 253 g/mol. The first-order valence-corrected chi connectivity index (χ1v) is 7.38. The molecule has 2 N–H and O–H groups in total. The van der Waals surface area contributed by atoms with Crippen molar-refractivity contribution in [2.45, 2.75) is 45.4 Å². The van der Waals surface area contributed by atoms with Crippen LogP contribution in [0.5, 0.6) is 0 Å². The van der Waals surface area contributed by atoms with Crippen LogP contribution >= 0.6 is 11.3 Å². The molecule has 0 aromatic carbocycles. The minimum absolute atomic E-state index is 0.366. The number of carbonyl (C=O) groups is 1. The summed E-state index contributed by atoms with van der Waals surface area (Å²) < 4.78 is 0. The Balaban J connectivity index is 2.25. The molecule has 1 unspecified atom stereocenters. The highest BCUT2D eigenvalue weighted by Crippen LogP contribution is 2.18. The third-order valence-corrected chi connectivity index (χ3v) is 3.93. The molecule has 1 heterocycles. The molecule has 0 fully saturated rings. The van der Waals surface area contributed by atoms with Crippen LogP contribution in [0.15, 0.2) is 17.5 Å². The second-order valence-corrected chi connectivity index (χ2v) is 5.60. The zero-order valence-corrected chi connectivity index (χ0v) is 11.5. The minimum atomic E-state index is 0.366. The van der Waals surface area contributed by atoms with Crippen LogP contribution in [0.1, 0.15) is 43.9 Å². The zero-order valence-electron chi connectivity index (χ0n) is 10.7. The summed E-state index contributed by atoms with van der Waals surface area (Å²) in [7, 11) is 0.